The summed E-state index contributed by atoms with van der Waals surface area (Å²) in [6.07, 6.45) is 1.80. The van der Waals surface area contributed by atoms with Crippen LogP contribution in [0.1, 0.15) is 0 Å². The van der Waals surface area contributed by atoms with Crippen LogP contribution in [0.4, 0.5) is 0 Å². The van der Waals surface area contributed by atoms with E-state index in [1.807, 2.05) is 65.2 Å². The van der Waals surface area contributed by atoms with Crippen LogP contribution in [0, 0.1) is 0 Å². The van der Waals surface area contributed by atoms with Crippen molar-refractivity contribution in [3.05, 3.63) is 89.3 Å². The van der Waals surface area contributed by atoms with Crippen LogP contribution in [0.2, 0.25) is 0 Å². The van der Waals surface area contributed by atoms with Crippen LogP contribution in [0.5, 0.6) is 5.75 Å². The molecule has 0 unspecified atom stereocenters. The largest absolute Gasteiger partial charge is 0.490 e. The predicted molar refractivity (Wildman–Crippen MR) is 109 cm³/mol. The van der Waals surface area contributed by atoms with Crippen LogP contribution in [-0.4, -0.2) is 16.7 Å². The molecule has 0 spiro atoms. The van der Waals surface area contributed by atoms with E-state index in [0.717, 1.165) is 22.3 Å². The molecule has 0 aliphatic carbocycles. The van der Waals surface area contributed by atoms with Gasteiger partial charge in [-0.25, -0.2) is 4.98 Å². The van der Waals surface area contributed by atoms with Crippen LogP contribution in [0.3, 0.4) is 0 Å². The highest BCUT2D eigenvalue weighted by molar-refractivity contribution is 5.82. The fraction of sp³-hybridized carbons (Fsp3) is 0.0435. The number of imidazole rings is 1. The van der Waals surface area contributed by atoms with Crippen molar-refractivity contribution in [3.8, 4) is 22.8 Å². The average Bonchev–Trinajstić information content (AvgIpc) is 3.18. The van der Waals surface area contributed by atoms with Gasteiger partial charge in [-0.2, -0.15) is 0 Å². The molecular weight excluding hydrogens is 352 g/mol. The first-order valence-corrected chi connectivity index (χ1v) is 8.89. The summed E-state index contributed by atoms with van der Waals surface area (Å²) < 4.78 is 13.4. The molecule has 0 radical (unpaired) electrons. The molecule has 2 heterocycles. The molecule has 136 valence electrons. The molecule has 28 heavy (non-hydrogen) atoms. The van der Waals surface area contributed by atoms with Crippen molar-refractivity contribution in [2.75, 3.05) is 7.11 Å². The van der Waals surface area contributed by atoms with Crippen LogP contribution < -0.4 is 10.2 Å². The van der Waals surface area contributed by atoms with Crippen LogP contribution in [0.15, 0.2) is 88.3 Å². The smallest absolute Gasteiger partial charge is 0.235 e. The lowest BCUT2D eigenvalue weighted by Crippen LogP contribution is -2.07. The molecule has 0 saturated heterocycles. The monoisotopic (exact) mass is 368 g/mol. The standard InChI is InChI=1S/C23H16N2O3/c1-27-23-21(26)17-6-2-5-9-20(17)28-22(23)15-10-12-16(13-11-15)25-14-24-18-7-3-4-8-19(18)25/h2-14H,1H3. The average molecular weight is 368 g/mol. The number of benzene rings is 3. The molecule has 0 bridgehead atoms. The Bertz CT molecular complexity index is 1360. The second-order valence-corrected chi connectivity index (χ2v) is 6.44. The van der Waals surface area contributed by atoms with E-state index in [1.165, 1.54) is 7.11 Å². The zero-order chi connectivity index (χ0) is 19.1. The summed E-state index contributed by atoms with van der Waals surface area (Å²) in [5.74, 6) is 0.632. The van der Waals surface area contributed by atoms with E-state index in [9.17, 15) is 4.79 Å². The Morgan fingerprint density at radius 2 is 1.68 bits per heavy atom. The summed E-state index contributed by atoms with van der Waals surface area (Å²) in [5, 5.41) is 0.504. The van der Waals surface area contributed by atoms with Gasteiger partial charge in [-0.1, -0.05) is 24.3 Å². The molecule has 0 atom stereocenters. The van der Waals surface area contributed by atoms with Crippen LogP contribution >= 0.6 is 0 Å². The van der Waals surface area contributed by atoms with E-state index in [2.05, 4.69) is 4.98 Å². The van der Waals surface area contributed by atoms with E-state index < -0.39 is 0 Å². The third-order valence-corrected chi connectivity index (χ3v) is 4.82. The van der Waals surface area contributed by atoms with E-state index >= 15 is 0 Å². The predicted octanol–water partition coefficient (Wildman–Crippen LogP) is 4.81. The first kappa shape index (κ1) is 16.3. The lowest BCUT2D eigenvalue weighted by molar-refractivity contribution is 0.399. The maximum atomic E-state index is 12.8. The Kier molecular flexibility index (Phi) is 3.72. The molecule has 2 aromatic heterocycles. The number of rotatable bonds is 3. The molecule has 5 heteroatoms. The highest BCUT2D eigenvalue weighted by atomic mass is 16.5. The van der Waals surface area contributed by atoms with Gasteiger partial charge in [0.15, 0.2) is 5.76 Å². The number of hydrogen-bond acceptors (Lipinski definition) is 4. The van der Waals surface area contributed by atoms with Crippen LogP contribution in [-0.2, 0) is 0 Å². The second-order valence-electron chi connectivity index (χ2n) is 6.44. The molecule has 0 aliphatic heterocycles. The number of aromatic nitrogens is 2. The van der Waals surface area contributed by atoms with Gasteiger partial charge in [-0.05, 0) is 48.5 Å². The summed E-state index contributed by atoms with van der Waals surface area (Å²) >= 11 is 0. The van der Waals surface area contributed by atoms with Crippen molar-refractivity contribution in [1.29, 1.82) is 0 Å². The molecule has 3 aromatic carbocycles. The minimum absolute atomic E-state index is 0.177. The highest BCUT2D eigenvalue weighted by Crippen LogP contribution is 2.31. The topological polar surface area (TPSA) is 57.3 Å². The van der Waals surface area contributed by atoms with Crippen molar-refractivity contribution in [2.24, 2.45) is 0 Å². The van der Waals surface area contributed by atoms with E-state index in [1.54, 1.807) is 18.5 Å². The Hall–Kier alpha value is -3.86. The zero-order valence-corrected chi connectivity index (χ0v) is 15.1. The highest BCUT2D eigenvalue weighted by Gasteiger charge is 2.16. The number of ether oxygens (including phenoxy) is 1. The number of para-hydroxylation sites is 3. The van der Waals surface area contributed by atoms with Gasteiger partial charge >= 0.3 is 0 Å². The van der Waals surface area contributed by atoms with Crippen molar-refractivity contribution >= 4 is 22.0 Å². The molecule has 0 aliphatic rings. The maximum absolute atomic E-state index is 12.8. The van der Waals surface area contributed by atoms with Crippen molar-refractivity contribution in [1.82, 2.24) is 9.55 Å². The summed E-state index contributed by atoms with van der Waals surface area (Å²) in [4.78, 5) is 17.2. The molecular formula is C23H16N2O3. The van der Waals surface area contributed by atoms with Gasteiger partial charge in [0, 0.05) is 11.3 Å². The number of hydrogen-bond donors (Lipinski definition) is 0. The van der Waals surface area contributed by atoms with Crippen molar-refractivity contribution < 1.29 is 9.15 Å². The Labute approximate surface area is 160 Å². The third-order valence-electron chi connectivity index (χ3n) is 4.82. The van der Waals surface area contributed by atoms with Gasteiger partial charge in [0.2, 0.25) is 11.2 Å². The lowest BCUT2D eigenvalue weighted by atomic mass is 10.1. The fourth-order valence-electron chi connectivity index (χ4n) is 3.44. The minimum Gasteiger partial charge on any atom is -0.490 e. The van der Waals surface area contributed by atoms with Crippen LogP contribution in [0.25, 0.3) is 39.0 Å². The summed E-state index contributed by atoms with van der Waals surface area (Å²) in [6.45, 7) is 0. The number of nitrogens with zero attached hydrogens (tertiary/aromatic N) is 2. The molecule has 0 amide bonds. The molecule has 0 N–H and O–H groups in total. The Balaban J connectivity index is 1.64. The summed E-state index contributed by atoms with van der Waals surface area (Å²) in [5.41, 5.74) is 4.07. The van der Waals surface area contributed by atoms with E-state index in [0.29, 0.717) is 16.7 Å². The Morgan fingerprint density at radius 1 is 0.929 bits per heavy atom. The lowest BCUT2D eigenvalue weighted by Gasteiger charge is -2.10. The van der Waals surface area contributed by atoms with Crippen molar-refractivity contribution in [3.63, 3.8) is 0 Å². The first-order chi connectivity index (χ1) is 13.8. The summed E-state index contributed by atoms with van der Waals surface area (Å²) in [6, 6.07) is 22.9. The molecule has 5 rings (SSSR count). The number of fused-ring (bicyclic) bond motifs is 2. The number of methoxy groups -OCH3 is 1. The zero-order valence-electron chi connectivity index (χ0n) is 15.1. The second kappa shape index (κ2) is 6.39. The van der Waals surface area contributed by atoms with Gasteiger partial charge in [0.1, 0.15) is 11.9 Å². The molecule has 0 saturated carbocycles. The third kappa shape index (κ3) is 2.48. The normalized spacial score (nSPS) is 11.2. The minimum atomic E-state index is -0.177. The molecule has 0 fully saturated rings. The molecule has 5 aromatic rings. The fourth-order valence-corrected chi connectivity index (χ4v) is 3.44. The maximum Gasteiger partial charge on any atom is 0.235 e. The van der Waals surface area contributed by atoms with Gasteiger partial charge in [-0.15, -0.1) is 0 Å². The van der Waals surface area contributed by atoms with Gasteiger partial charge < -0.3 is 9.15 Å². The SMILES string of the molecule is COc1c(-c2ccc(-n3cnc4ccccc43)cc2)oc2ccccc2c1=O. The Morgan fingerprint density at radius 3 is 2.50 bits per heavy atom. The van der Waals surface area contributed by atoms with Gasteiger partial charge in [0.05, 0.1) is 23.5 Å². The summed E-state index contributed by atoms with van der Waals surface area (Å²) in [7, 11) is 1.48. The quantitative estimate of drug-likeness (QED) is 0.459. The van der Waals surface area contributed by atoms with Gasteiger partial charge in [-0.3, -0.25) is 9.36 Å². The first-order valence-electron chi connectivity index (χ1n) is 8.89. The van der Waals surface area contributed by atoms with Gasteiger partial charge in [0.25, 0.3) is 0 Å². The van der Waals surface area contributed by atoms with E-state index in [4.69, 9.17) is 9.15 Å². The van der Waals surface area contributed by atoms with Crippen molar-refractivity contribution in [2.45, 2.75) is 0 Å². The molecule has 5 nitrogen and oxygen atoms in total. The van der Waals surface area contributed by atoms with E-state index in [-0.39, 0.29) is 11.2 Å².